The average molecular weight is 191 g/mol. The van der Waals surface area contributed by atoms with Gasteiger partial charge in [0.2, 0.25) is 0 Å². The van der Waals surface area contributed by atoms with E-state index in [4.69, 9.17) is 5.73 Å². The summed E-state index contributed by atoms with van der Waals surface area (Å²) in [7, 11) is 0. The Labute approximate surface area is 84.7 Å². The molecular formula is C11H17N3. The van der Waals surface area contributed by atoms with E-state index in [-0.39, 0.29) is 0 Å². The Balaban J connectivity index is 1.80. The summed E-state index contributed by atoms with van der Waals surface area (Å²) in [5.41, 5.74) is 6.96. The Morgan fingerprint density at radius 2 is 2.36 bits per heavy atom. The highest BCUT2D eigenvalue weighted by Gasteiger charge is 2.25. The van der Waals surface area contributed by atoms with Gasteiger partial charge in [-0.15, -0.1) is 0 Å². The standard InChI is InChI=1S/C11H17N3/c1-8-2-3-13-11(4-8)14-7-9-5-10(12)6-9/h2-4,9-10H,5-7,12H2,1H3,(H,13,14). The lowest BCUT2D eigenvalue weighted by Crippen LogP contribution is -2.39. The molecule has 14 heavy (non-hydrogen) atoms. The molecule has 0 spiro atoms. The van der Waals surface area contributed by atoms with E-state index in [1.807, 2.05) is 12.3 Å². The molecule has 0 radical (unpaired) electrons. The van der Waals surface area contributed by atoms with Crippen LogP contribution in [0.4, 0.5) is 5.82 Å². The van der Waals surface area contributed by atoms with Crippen molar-refractivity contribution in [2.45, 2.75) is 25.8 Å². The van der Waals surface area contributed by atoms with Crippen LogP contribution < -0.4 is 11.1 Å². The molecule has 0 aliphatic heterocycles. The number of anilines is 1. The molecule has 3 heteroatoms. The second-order valence-electron chi connectivity index (χ2n) is 4.20. The average Bonchev–Trinajstić information content (AvgIpc) is 2.11. The lowest BCUT2D eigenvalue weighted by Gasteiger charge is -2.32. The first kappa shape index (κ1) is 9.46. The molecule has 0 saturated heterocycles. The van der Waals surface area contributed by atoms with Crippen LogP contribution in [0.15, 0.2) is 18.3 Å². The van der Waals surface area contributed by atoms with Gasteiger partial charge < -0.3 is 11.1 Å². The molecule has 1 aliphatic carbocycles. The molecule has 0 amide bonds. The van der Waals surface area contributed by atoms with Gasteiger partial charge in [0.15, 0.2) is 0 Å². The molecule has 1 aromatic heterocycles. The number of pyridine rings is 1. The molecule has 0 atom stereocenters. The lowest BCUT2D eigenvalue weighted by molar-refractivity contribution is 0.280. The maximum Gasteiger partial charge on any atom is 0.126 e. The van der Waals surface area contributed by atoms with Crippen molar-refractivity contribution in [3.8, 4) is 0 Å². The van der Waals surface area contributed by atoms with Gasteiger partial charge in [-0.05, 0) is 43.4 Å². The van der Waals surface area contributed by atoms with Crippen LogP contribution in [0.25, 0.3) is 0 Å². The molecule has 3 N–H and O–H groups in total. The van der Waals surface area contributed by atoms with Crippen molar-refractivity contribution in [3.63, 3.8) is 0 Å². The van der Waals surface area contributed by atoms with Crippen LogP contribution in [0.1, 0.15) is 18.4 Å². The number of nitrogens with two attached hydrogens (primary N) is 1. The largest absolute Gasteiger partial charge is 0.370 e. The molecule has 1 fully saturated rings. The highest BCUT2D eigenvalue weighted by Crippen LogP contribution is 2.25. The summed E-state index contributed by atoms with van der Waals surface area (Å²) < 4.78 is 0. The minimum atomic E-state index is 0.437. The molecule has 0 unspecified atom stereocenters. The maximum absolute atomic E-state index is 5.72. The first-order chi connectivity index (χ1) is 6.74. The quantitative estimate of drug-likeness (QED) is 0.762. The molecule has 0 aromatic carbocycles. The highest BCUT2D eigenvalue weighted by atomic mass is 15.0. The van der Waals surface area contributed by atoms with Gasteiger partial charge in [0.05, 0.1) is 0 Å². The molecule has 3 nitrogen and oxygen atoms in total. The van der Waals surface area contributed by atoms with Gasteiger partial charge in [0, 0.05) is 18.8 Å². The highest BCUT2D eigenvalue weighted by molar-refractivity contribution is 5.36. The molecular weight excluding hydrogens is 174 g/mol. The van der Waals surface area contributed by atoms with Gasteiger partial charge >= 0.3 is 0 Å². The molecule has 1 heterocycles. The van der Waals surface area contributed by atoms with E-state index in [9.17, 15) is 0 Å². The third-order valence-corrected chi connectivity index (χ3v) is 2.76. The summed E-state index contributed by atoms with van der Waals surface area (Å²) in [4.78, 5) is 4.25. The lowest BCUT2D eigenvalue weighted by atomic mass is 9.81. The predicted octanol–water partition coefficient (Wildman–Crippen LogP) is 1.54. The van der Waals surface area contributed by atoms with E-state index in [2.05, 4.69) is 23.3 Å². The van der Waals surface area contributed by atoms with E-state index in [0.29, 0.717) is 6.04 Å². The van der Waals surface area contributed by atoms with Crippen LogP contribution in [-0.2, 0) is 0 Å². The monoisotopic (exact) mass is 191 g/mol. The number of rotatable bonds is 3. The van der Waals surface area contributed by atoms with Crippen LogP contribution in [0.5, 0.6) is 0 Å². The molecule has 1 saturated carbocycles. The summed E-state index contributed by atoms with van der Waals surface area (Å²) in [5.74, 6) is 1.72. The van der Waals surface area contributed by atoms with E-state index >= 15 is 0 Å². The van der Waals surface area contributed by atoms with Crippen LogP contribution in [0.3, 0.4) is 0 Å². The minimum absolute atomic E-state index is 0.437. The van der Waals surface area contributed by atoms with Crippen molar-refractivity contribution < 1.29 is 0 Å². The number of aryl methyl sites for hydroxylation is 1. The van der Waals surface area contributed by atoms with Crippen molar-refractivity contribution in [2.24, 2.45) is 11.7 Å². The summed E-state index contributed by atoms with van der Waals surface area (Å²) in [5, 5.41) is 3.34. The van der Waals surface area contributed by atoms with Crippen LogP contribution >= 0.6 is 0 Å². The predicted molar refractivity (Wildman–Crippen MR) is 58.2 cm³/mol. The fourth-order valence-electron chi connectivity index (χ4n) is 1.84. The fraction of sp³-hybridized carbons (Fsp3) is 0.545. The second kappa shape index (κ2) is 3.96. The Kier molecular flexibility index (Phi) is 2.68. The van der Waals surface area contributed by atoms with Gasteiger partial charge in [-0.25, -0.2) is 4.98 Å². The molecule has 0 bridgehead atoms. The summed E-state index contributed by atoms with van der Waals surface area (Å²) >= 11 is 0. The van der Waals surface area contributed by atoms with E-state index in [0.717, 1.165) is 31.1 Å². The van der Waals surface area contributed by atoms with Gasteiger partial charge in [-0.1, -0.05) is 0 Å². The third kappa shape index (κ3) is 2.23. The Bertz CT molecular complexity index is 305. The van der Waals surface area contributed by atoms with Crippen molar-refractivity contribution in [2.75, 3.05) is 11.9 Å². The zero-order valence-electron chi connectivity index (χ0n) is 8.53. The second-order valence-corrected chi connectivity index (χ2v) is 4.20. The SMILES string of the molecule is Cc1ccnc(NCC2CC(N)C2)c1. The Morgan fingerprint density at radius 3 is 3.00 bits per heavy atom. The van der Waals surface area contributed by atoms with E-state index in [1.54, 1.807) is 0 Å². The first-order valence-corrected chi connectivity index (χ1v) is 5.16. The maximum atomic E-state index is 5.72. The molecule has 1 aliphatic rings. The molecule has 1 aromatic rings. The van der Waals surface area contributed by atoms with E-state index in [1.165, 1.54) is 5.56 Å². The zero-order valence-corrected chi connectivity index (χ0v) is 8.53. The van der Waals surface area contributed by atoms with Crippen LogP contribution in [-0.4, -0.2) is 17.6 Å². The minimum Gasteiger partial charge on any atom is -0.370 e. The number of aromatic nitrogens is 1. The van der Waals surface area contributed by atoms with E-state index < -0.39 is 0 Å². The number of hydrogen-bond donors (Lipinski definition) is 2. The van der Waals surface area contributed by atoms with Crippen LogP contribution in [0, 0.1) is 12.8 Å². The first-order valence-electron chi connectivity index (χ1n) is 5.16. The Hall–Kier alpha value is -1.09. The number of hydrogen-bond acceptors (Lipinski definition) is 3. The third-order valence-electron chi connectivity index (χ3n) is 2.76. The summed E-state index contributed by atoms with van der Waals surface area (Å²) in [6.45, 7) is 3.08. The van der Waals surface area contributed by atoms with Crippen molar-refractivity contribution in [1.82, 2.24) is 4.98 Å². The van der Waals surface area contributed by atoms with Gasteiger partial charge in [-0.3, -0.25) is 0 Å². The van der Waals surface area contributed by atoms with Crippen molar-refractivity contribution in [1.29, 1.82) is 0 Å². The zero-order chi connectivity index (χ0) is 9.97. The van der Waals surface area contributed by atoms with Gasteiger partial charge in [-0.2, -0.15) is 0 Å². The fourth-order valence-corrected chi connectivity index (χ4v) is 1.84. The van der Waals surface area contributed by atoms with Crippen molar-refractivity contribution in [3.05, 3.63) is 23.9 Å². The van der Waals surface area contributed by atoms with Gasteiger partial charge in [0.25, 0.3) is 0 Å². The topological polar surface area (TPSA) is 50.9 Å². The normalized spacial score (nSPS) is 25.6. The molecule has 2 rings (SSSR count). The van der Waals surface area contributed by atoms with Crippen molar-refractivity contribution >= 4 is 5.82 Å². The Morgan fingerprint density at radius 1 is 1.57 bits per heavy atom. The summed E-state index contributed by atoms with van der Waals surface area (Å²) in [6, 6.07) is 4.51. The van der Waals surface area contributed by atoms with Crippen LogP contribution in [0.2, 0.25) is 0 Å². The van der Waals surface area contributed by atoms with Gasteiger partial charge in [0.1, 0.15) is 5.82 Å². The summed E-state index contributed by atoms with van der Waals surface area (Å²) in [6.07, 6.45) is 4.14. The number of nitrogens with zero attached hydrogens (tertiary/aromatic N) is 1. The number of nitrogens with one attached hydrogen (secondary N) is 1. The smallest absolute Gasteiger partial charge is 0.126 e. The molecule has 76 valence electrons.